The number of nitrogens with zero attached hydrogens (tertiary/aromatic N) is 7. The summed E-state index contributed by atoms with van der Waals surface area (Å²) < 4.78 is 0. The molecule has 1 unspecified atom stereocenters. The van der Waals surface area contributed by atoms with E-state index in [0.717, 1.165) is 28.7 Å². The molecule has 0 spiro atoms. The molecule has 16 nitrogen and oxygen atoms in total. The minimum Gasteiger partial charge on any atom is -0.480 e. The van der Waals surface area contributed by atoms with Gasteiger partial charge in [0.05, 0.1) is 25.2 Å². The molecule has 0 saturated carbocycles. The lowest BCUT2D eigenvalue weighted by Crippen LogP contribution is -2.52. The average molecular weight is 700 g/mol. The first kappa shape index (κ1) is 38.4. The number of anilines is 1. The van der Waals surface area contributed by atoms with Crippen LogP contribution in [0.3, 0.4) is 0 Å². The number of amides is 1. The van der Waals surface area contributed by atoms with Gasteiger partial charge in [0.25, 0.3) is 0 Å². The van der Waals surface area contributed by atoms with E-state index in [2.05, 4.69) is 30.0 Å². The number of carboxylic acids is 4. The van der Waals surface area contributed by atoms with E-state index < -0.39 is 29.9 Å². The Balaban J connectivity index is 1.39. The fourth-order valence-corrected chi connectivity index (χ4v) is 6.55. The van der Waals surface area contributed by atoms with Gasteiger partial charge in [0.1, 0.15) is 6.04 Å². The van der Waals surface area contributed by atoms with Crippen LogP contribution in [0.5, 0.6) is 0 Å². The lowest BCUT2D eigenvalue weighted by Gasteiger charge is -2.37. The predicted molar refractivity (Wildman–Crippen MR) is 184 cm³/mol. The second-order valence-electron chi connectivity index (χ2n) is 12.8. The maximum Gasteiger partial charge on any atom is 0.320 e. The van der Waals surface area contributed by atoms with Crippen molar-refractivity contribution in [1.82, 2.24) is 29.5 Å². The lowest BCUT2D eigenvalue weighted by atomic mass is 10.1. The van der Waals surface area contributed by atoms with E-state index in [1.54, 1.807) is 24.5 Å². The summed E-state index contributed by atoms with van der Waals surface area (Å²) >= 11 is 0. The summed E-state index contributed by atoms with van der Waals surface area (Å²) in [6.07, 6.45) is 0.895. The molecule has 1 aromatic heterocycles. The first-order valence-electron chi connectivity index (χ1n) is 17.1. The van der Waals surface area contributed by atoms with Gasteiger partial charge in [-0.2, -0.15) is 0 Å². The second-order valence-corrected chi connectivity index (χ2v) is 12.8. The highest BCUT2D eigenvalue weighted by atomic mass is 16.4. The SMILES string of the molecule is CCc1ccc2ccc(N3CCN(C(=O)CCC(C(=O)O)N4CCN(CC(=O)O)CCN(CC(=O)O)CCN(CC(=O)O)CC4)CC3)cc2n1. The number of piperazine rings is 1. The third-order valence-corrected chi connectivity index (χ3v) is 9.40. The highest BCUT2D eigenvalue weighted by molar-refractivity contribution is 5.83. The first-order valence-corrected chi connectivity index (χ1v) is 17.1. The Morgan fingerprint density at radius 1 is 0.680 bits per heavy atom. The molecule has 0 aliphatic carbocycles. The molecule has 50 heavy (non-hydrogen) atoms. The van der Waals surface area contributed by atoms with Gasteiger partial charge in [-0.15, -0.1) is 0 Å². The maximum atomic E-state index is 13.3. The number of rotatable bonds is 13. The molecule has 16 heteroatoms. The van der Waals surface area contributed by atoms with Gasteiger partial charge >= 0.3 is 23.9 Å². The second kappa shape index (κ2) is 18.6. The van der Waals surface area contributed by atoms with E-state index >= 15 is 0 Å². The van der Waals surface area contributed by atoms with Crippen molar-refractivity contribution in [3.05, 3.63) is 36.0 Å². The van der Waals surface area contributed by atoms with Crippen molar-refractivity contribution in [3.8, 4) is 0 Å². The number of pyridine rings is 1. The zero-order chi connectivity index (χ0) is 36.2. The third kappa shape index (κ3) is 11.6. The first-order chi connectivity index (χ1) is 23.9. The van der Waals surface area contributed by atoms with E-state index in [-0.39, 0.29) is 90.7 Å². The van der Waals surface area contributed by atoms with Crippen LogP contribution in [-0.2, 0) is 30.4 Å². The van der Waals surface area contributed by atoms with Crippen LogP contribution in [-0.4, -0.2) is 184 Å². The zero-order valence-electron chi connectivity index (χ0n) is 28.7. The number of fused-ring (bicyclic) bond motifs is 1. The third-order valence-electron chi connectivity index (χ3n) is 9.40. The molecule has 2 saturated heterocycles. The van der Waals surface area contributed by atoms with E-state index in [0.29, 0.717) is 26.2 Å². The van der Waals surface area contributed by atoms with Crippen molar-refractivity contribution in [2.75, 3.05) is 103 Å². The molecule has 3 heterocycles. The van der Waals surface area contributed by atoms with Crippen molar-refractivity contribution >= 4 is 46.4 Å². The standard InChI is InChI=1S/C34H49N7O9/c1-2-26-5-3-25-4-6-27(21-28(25)35-26)39-17-19-41(20-18-39)30(42)8-7-29(34(49)50)40-15-13-37(23-32(45)46)11-9-36(22-31(43)44)10-12-38(14-16-40)24-33(47)48/h3-6,21,29H,2,7-20,22-24H2,1H3,(H,43,44)(H,45,46)(H,47,48)(H,49,50). The summed E-state index contributed by atoms with van der Waals surface area (Å²) in [6, 6.07) is 9.23. The summed E-state index contributed by atoms with van der Waals surface area (Å²) in [5.74, 6) is -4.44. The highest BCUT2D eigenvalue weighted by Crippen LogP contribution is 2.23. The zero-order valence-corrected chi connectivity index (χ0v) is 28.7. The number of benzene rings is 1. The predicted octanol–water partition coefficient (Wildman–Crippen LogP) is 0.155. The summed E-state index contributed by atoms with van der Waals surface area (Å²) in [5, 5.41) is 39.7. The quantitative estimate of drug-likeness (QED) is 0.220. The van der Waals surface area contributed by atoms with Gasteiger partial charge in [-0.3, -0.25) is 48.6 Å². The van der Waals surface area contributed by atoms with E-state index in [9.17, 15) is 44.4 Å². The number of carbonyl (C=O) groups is 5. The number of hydrogen-bond donors (Lipinski definition) is 4. The molecule has 2 aromatic rings. The Bertz CT molecular complexity index is 1470. The van der Waals surface area contributed by atoms with Gasteiger partial charge in [0, 0.05) is 102 Å². The molecule has 2 aliphatic heterocycles. The van der Waals surface area contributed by atoms with Crippen molar-refractivity contribution in [3.63, 3.8) is 0 Å². The van der Waals surface area contributed by atoms with Crippen LogP contribution in [0.4, 0.5) is 5.69 Å². The molecular weight excluding hydrogens is 650 g/mol. The van der Waals surface area contributed by atoms with Crippen LogP contribution in [0.15, 0.2) is 30.3 Å². The van der Waals surface area contributed by atoms with Gasteiger partial charge < -0.3 is 30.2 Å². The largest absolute Gasteiger partial charge is 0.480 e. The lowest BCUT2D eigenvalue weighted by molar-refractivity contribution is -0.145. The summed E-state index contributed by atoms with van der Waals surface area (Å²) in [5.41, 5.74) is 2.99. The van der Waals surface area contributed by atoms with Gasteiger partial charge in [-0.1, -0.05) is 19.1 Å². The van der Waals surface area contributed by atoms with Crippen molar-refractivity contribution in [2.45, 2.75) is 32.2 Å². The van der Waals surface area contributed by atoms with E-state index in [4.69, 9.17) is 4.98 Å². The highest BCUT2D eigenvalue weighted by Gasteiger charge is 2.30. The molecule has 0 radical (unpaired) electrons. The number of aryl methyl sites for hydroxylation is 1. The van der Waals surface area contributed by atoms with Crippen LogP contribution < -0.4 is 4.90 Å². The maximum absolute atomic E-state index is 13.3. The van der Waals surface area contributed by atoms with Crippen LogP contribution >= 0.6 is 0 Å². The Labute approximate surface area is 291 Å². The molecule has 2 fully saturated rings. The van der Waals surface area contributed by atoms with Crippen molar-refractivity contribution in [1.29, 1.82) is 0 Å². The number of hydrogen-bond acceptors (Lipinski definition) is 11. The molecule has 274 valence electrons. The fraction of sp³-hybridized carbons (Fsp3) is 0.588. The molecule has 1 aromatic carbocycles. The molecule has 1 amide bonds. The van der Waals surface area contributed by atoms with Crippen LogP contribution in [0.25, 0.3) is 10.9 Å². The smallest absolute Gasteiger partial charge is 0.320 e. The average Bonchev–Trinajstić information content (AvgIpc) is 3.07. The molecule has 0 bridgehead atoms. The normalized spacial score (nSPS) is 18.7. The van der Waals surface area contributed by atoms with Crippen LogP contribution in [0.1, 0.15) is 25.5 Å². The van der Waals surface area contributed by atoms with Gasteiger partial charge in [-0.25, -0.2) is 0 Å². The Morgan fingerprint density at radius 3 is 1.66 bits per heavy atom. The Kier molecular flexibility index (Phi) is 14.3. The van der Waals surface area contributed by atoms with E-state index in [1.165, 1.54) is 0 Å². The molecular formula is C34H49N7O9. The van der Waals surface area contributed by atoms with Gasteiger partial charge in [-0.05, 0) is 31.0 Å². The van der Waals surface area contributed by atoms with Gasteiger partial charge in [0.15, 0.2) is 0 Å². The van der Waals surface area contributed by atoms with Crippen LogP contribution in [0, 0.1) is 0 Å². The molecule has 4 rings (SSSR count). The monoisotopic (exact) mass is 699 g/mol. The molecule has 2 aliphatic rings. The fourth-order valence-electron chi connectivity index (χ4n) is 6.55. The Morgan fingerprint density at radius 2 is 1.18 bits per heavy atom. The number of carbonyl (C=O) groups excluding carboxylic acids is 1. The number of carboxylic acid groups (broad SMARTS) is 4. The number of aliphatic carboxylic acids is 4. The minimum absolute atomic E-state index is 0.00891. The van der Waals surface area contributed by atoms with Gasteiger partial charge in [0.2, 0.25) is 5.91 Å². The summed E-state index contributed by atoms with van der Waals surface area (Å²) in [7, 11) is 0. The number of aromatic nitrogens is 1. The summed E-state index contributed by atoms with van der Waals surface area (Å²) in [4.78, 5) is 75.9. The topological polar surface area (TPSA) is 199 Å². The molecule has 1 atom stereocenters. The minimum atomic E-state index is -1.12. The summed E-state index contributed by atoms with van der Waals surface area (Å²) in [6.45, 7) is 5.05. The van der Waals surface area contributed by atoms with Crippen LogP contribution in [0.2, 0.25) is 0 Å². The molecule has 4 N–H and O–H groups in total. The van der Waals surface area contributed by atoms with E-state index in [1.807, 2.05) is 12.1 Å². The van der Waals surface area contributed by atoms with Crippen molar-refractivity contribution in [2.24, 2.45) is 0 Å². The van der Waals surface area contributed by atoms with Crippen molar-refractivity contribution < 1.29 is 44.4 Å². The Hall–Kier alpha value is -4.38.